The number of nitrogens with zero attached hydrogens (tertiary/aromatic N) is 2. The molecular weight excluding hydrogens is 436 g/mol. The van der Waals surface area contributed by atoms with Gasteiger partial charge in [0, 0.05) is 26.2 Å². The molecule has 1 aromatic carbocycles. The van der Waals surface area contributed by atoms with E-state index in [0.29, 0.717) is 31.7 Å². The first-order valence-corrected chi connectivity index (χ1v) is 12.3. The van der Waals surface area contributed by atoms with Crippen LogP contribution in [0.25, 0.3) is 0 Å². The molecule has 9 nitrogen and oxygen atoms in total. The first-order chi connectivity index (χ1) is 15.1. The molecule has 0 bridgehead atoms. The third kappa shape index (κ3) is 5.60. The molecule has 2 saturated heterocycles. The van der Waals surface area contributed by atoms with Crippen LogP contribution in [0, 0.1) is 5.92 Å². The number of sulfonamides is 1. The summed E-state index contributed by atoms with van der Waals surface area (Å²) in [6.45, 7) is 6.75. The Bertz CT molecular complexity index is 901. The molecule has 2 aliphatic rings. The highest BCUT2D eigenvalue weighted by atomic mass is 32.2. The summed E-state index contributed by atoms with van der Waals surface area (Å²) in [6, 6.07) is 6.22. The Morgan fingerprint density at radius 2 is 1.62 bits per heavy atom. The summed E-state index contributed by atoms with van der Waals surface area (Å²) in [5, 5.41) is 0. The highest BCUT2D eigenvalue weighted by molar-refractivity contribution is 7.89. The number of ether oxygens (including phenoxy) is 3. The Morgan fingerprint density at radius 3 is 2.16 bits per heavy atom. The van der Waals surface area contributed by atoms with Gasteiger partial charge in [-0.25, -0.2) is 8.42 Å². The second-order valence-electron chi connectivity index (χ2n) is 8.43. The third-order valence-electron chi connectivity index (χ3n) is 5.86. The maximum absolute atomic E-state index is 12.9. The third-order valence-corrected chi connectivity index (χ3v) is 7.77. The summed E-state index contributed by atoms with van der Waals surface area (Å²) < 4.78 is 43.3. The molecule has 0 N–H and O–H groups in total. The van der Waals surface area contributed by atoms with Crippen molar-refractivity contribution in [1.29, 1.82) is 0 Å². The molecule has 10 heteroatoms. The molecule has 0 aliphatic carbocycles. The number of piperidine rings is 1. The number of esters is 1. The van der Waals surface area contributed by atoms with Crippen LogP contribution >= 0.6 is 0 Å². The minimum atomic E-state index is -3.64. The van der Waals surface area contributed by atoms with Crippen LogP contribution in [0.5, 0.6) is 5.75 Å². The molecule has 0 radical (unpaired) electrons. The van der Waals surface area contributed by atoms with E-state index in [1.807, 2.05) is 13.8 Å². The van der Waals surface area contributed by atoms with E-state index in [9.17, 15) is 18.0 Å². The largest absolute Gasteiger partial charge is 0.497 e. The summed E-state index contributed by atoms with van der Waals surface area (Å²) in [7, 11) is -2.13. The van der Waals surface area contributed by atoms with E-state index in [0.717, 1.165) is 0 Å². The van der Waals surface area contributed by atoms with Gasteiger partial charge < -0.3 is 19.1 Å². The predicted molar refractivity (Wildman–Crippen MR) is 117 cm³/mol. The monoisotopic (exact) mass is 468 g/mol. The van der Waals surface area contributed by atoms with Crippen molar-refractivity contribution in [3.63, 3.8) is 0 Å². The lowest BCUT2D eigenvalue weighted by Gasteiger charge is -2.36. The second-order valence-corrected chi connectivity index (χ2v) is 10.4. The number of morpholine rings is 1. The fourth-order valence-electron chi connectivity index (χ4n) is 4.16. The Hall–Kier alpha value is -2.17. The number of carbonyl (C=O) groups is 2. The van der Waals surface area contributed by atoms with E-state index < -0.39 is 28.0 Å². The molecule has 0 aromatic heterocycles. The van der Waals surface area contributed by atoms with Gasteiger partial charge in [0.15, 0.2) is 6.10 Å². The lowest BCUT2D eigenvalue weighted by molar-refractivity contribution is -0.167. The molecule has 0 saturated carbocycles. The highest BCUT2D eigenvalue weighted by Gasteiger charge is 2.35. The van der Waals surface area contributed by atoms with Crippen molar-refractivity contribution in [2.24, 2.45) is 5.92 Å². The number of hydrogen-bond acceptors (Lipinski definition) is 7. The van der Waals surface area contributed by atoms with E-state index >= 15 is 0 Å². The number of rotatable bonds is 6. The molecule has 3 unspecified atom stereocenters. The Kier molecular flexibility index (Phi) is 7.79. The van der Waals surface area contributed by atoms with Crippen LogP contribution in [0.4, 0.5) is 0 Å². The van der Waals surface area contributed by atoms with E-state index in [1.54, 1.807) is 24.0 Å². The van der Waals surface area contributed by atoms with Gasteiger partial charge >= 0.3 is 5.97 Å². The average molecular weight is 469 g/mol. The van der Waals surface area contributed by atoms with Crippen LogP contribution in [0.3, 0.4) is 0 Å². The number of amides is 1. The van der Waals surface area contributed by atoms with Gasteiger partial charge in [0.25, 0.3) is 5.91 Å². The van der Waals surface area contributed by atoms with Gasteiger partial charge in [-0.05, 0) is 57.9 Å². The lowest BCUT2D eigenvalue weighted by Crippen LogP contribution is -2.51. The van der Waals surface area contributed by atoms with Gasteiger partial charge in [-0.3, -0.25) is 9.59 Å². The molecule has 2 aliphatic heterocycles. The average Bonchev–Trinajstić information content (AvgIpc) is 2.78. The molecule has 2 fully saturated rings. The fraction of sp³-hybridized carbons (Fsp3) is 0.636. The number of methoxy groups -OCH3 is 1. The zero-order valence-electron chi connectivity index (χ0n) is 19.0. The first kappa shape index (κ1) is 24.5. The number of carbonyl (C=O) groups excluding carboxylic acids is 2. The van der Waals surface area contributed by atoms with E-state index in [2.05, 4.69) is 0 Å². The quantitative estimate of drug-likeness (QED) is 0.585. The van der Waals surface area contributed by atoms with Crippen LogP contribution in [-0.2, 0) is 29.1 Å². The van der Waals surface area contributed by atoms with Gasteiger partial charge in [0.1, 0.15) is 5.75 Å². The van der Waals surface area contributed by atoms with Gasteiger partial charge in [-0.2, -0.15) is 4.31 Å². The van der Waals surface area contributed by atoms with Crippen molar-refractivity contribution in [1.82, 2.24) is 9.21 Å². The van der Waals surface area contributed by atoms with Crippen molar-refractivity contribution in [3.8, 4) is 5.75 Å². The zero-order valence-corrected chi connectivity index (χ0v) is 19.8. The standard InChI is InChI=1S/C22H32N2O7S/c1-15-13-23(14-16(2)30-15)21(25)17(3)31-22(26)18-9-11-24(12-10-18)32(27,28)20-7-5-19(29-4)6-8-20/h5-8,15-18H,9-14H2,1-4H3. The summed E-state index contributed by atoms with van der Waals surface area (Å²) >= 11 is 0. The summed E-state index contributed by atoms with van der Waals surface area (Å²) in [5.41, 5.74) is 0. The molecule has 3 atom stereocenters. The molecule has 0 spiro atoms. The normalized spacial score (nSPS) is 24.1. The fourth-order valence-corrected chi connectivity index (χ4v) is 5.63. The molecule has 2 heterocycles. The zero-order chi connectivity index (χ0) is 23.5. The summed E-state index contributed by atoms with van der Waals surface area (Å²) in [6.07, 6.45) is -0.326. The molecule has 3 rings (SSSR count). The van der Waals surface area contributed by atoms with E-state index in [1.165, 1.54) is 23.5 Å². The number of hydrogen-bond donors (Lipinski definition) is 0. The Labute approximate surface area is 189 Å². The maximum Gasteiger partial charge on any atom is 0.309 e. The summed E-state index contributed by atoms with van der Waals surface area (Å²) in [5.74, 6) is -0.549. The minimum Gasteiger partial charge on any atom is -0.497 e. The van der Waals surface area contributed by atoms with Crippen molar-refractivity contribution in [3.05, 3.63) is 24.3 Å². The van der Waals surface area contributed by atoms with Crippen molar-refractivity contribution >= 4 is 21.9 Å². The molecular formula is C22H32N2O7S. The molecule has 1 aromatic rings. The maximum atomic E-state index is 12.9. The van der Waals surface area contributed by atoms with Crippen molar-refractivity contribution in [2.75, 3.05) is 33.3 Å². The minimum absolute atomic E-state index is 0.0671. The lowest BCUT2D eigenvalue weighted by atomic mass is 9.98. The van der Waals surface area contributed by atoms with E-state index in [-0.39, 0.29) is 36.1 Å². The van der Waals surface area contributed by atoms with Crippen molar-refractivity contribution < 1.29 is 32.2 Å². The Balaban J connectivity index is 1.53. The smallest absolute Gasteiger partial charge is 0.309 e. The van der Waals surface area contributed by atoms with Gasteiger partial charge in [-0.1, -0.05) is 0 Å². The van der Waals surface area contributed by atoms with Crippen LogP contribution in [0.2, 0.25) is 0 Å². The summed E-state index contributed by atoms with van der Waals surface area (Å²) in [4.78, 5) is 27.2. The first-order valence-electron chi connectivity index (χ1n) is 10.9. The molecule has 178 valence electrons. The van der Waals surface area contributed by atoms with Crippen LogP contribution in [0.1, 0.15) is 33.6 Å². The van der Waals surface area contributed by atoms with Crippen LogP contribution < -0.4 is 4.74 Å². The number of benzene rings is 1. The Morgan fingerprint density at radius 1 is 1.06 bits per heavy atom. The second kappa shape index (κ2) is 10.2. The van der Waals surface area contributed by atoms with Gasteiger partial charge in [0.2, 0.25) is 10.0 Å². The van der Waals surface area contributed by atoms with Crippen LogP contribution in [-0.4, -0.2) is 81.1 Å². The molecule has 32 heavy (non-hydrogen) atoms. The SMILES string of the molecule is COc1ccc(S(=O)(=O)N2CCC(C(=O)OC(C)C(=O)N3CC(C)OC(C)C3)CC2)cc1. The molecule has 1 amide bonds. The predicted octanol–water partition coefficient (Wildman–Crippen LogP) is 1.66. The van der Waals surface area contributed by atoms with Crippen LogP contribution in [0.15, 0.2) is 29.2 Å². The van der Waals surface area contributed by atoms with Gasteiger partial charge in [-0.15, -0.1) is 0 Å². The van der Waals surface area contributed by atoms with Crippen molar-refractivity contribution in [2.45, 2.75) is 56.8 Å². The topological polar surface area (TPSA) is 102 Å². The van der Waals surface area contributed by atoms with Gasteiger partial charge in [0.05, 0.1) is 30.1 Å². The van der Waals surface area contributed by atoms with E-state index in [4.69, 9.17) is 14.2 Å². The highest BCUT2D eigenvalue weighted by Crippen LogP contribution is 2.26.